The van der Waals surface area contributed by atoms with Gasteiger partial charge in [-0.1, -0.05) is 13.8 Å². The molecule has 2 heterocycles. The molecule has 2 fully saturated rings. The van der Waals surface area contributed by atoms with Gasteiger partial charge in [0.2, 0.25) is 0 Å². The Kier molecular flexibility index (Phi) is 2.85. The lowest BCUT2D eigenvalue weighted by molar-refractivity contribution is -0.0835. The van der Waals surface area contributed by atoms with E-state index in [0.717, 1.165) is 12.8 Å². The second-order valence-electron chi connectivity index (χ2n) is 4.69. The van der Waals surface area contributed by atoms with Gasteiger partial charge in [-0.05, 0) is 32.1 Å². The molecule has 0 N–H and O–H groups in total. The second kappa shape index (κ2) is 3.82. The van der Waals surface area contributed by atoms with E-state index in [1.807, 2.05) is 7.11 Å². The molecule has 0 aliphatic carbocycles. The van der Waals surface area contributed by atoms with Gasteiger partial charge < -0.3 is 9.47 Å². The zero-order chi connectivity index (χ0) is 10.2. The van der Waals surface area contributed by atoms with E-state index in [4.69, 9.17) is 9.47 Å². The van der Waals surface area contributed by atoms with Gasteiger partial charge in [-0.2, -0.15) is 0 Å². The minimum atomic E-state index is 0.0832. The monoisotopic (exact) mass is 198 g/mol. The Hall–Kier alpha value is -0.0800. The summed E-state index contributed by atoms with van der Waals surface area (Å²) in [6.07, 6.45) is 6.99. The maximum Gasteiger partial charge on any atom is 0.0727 e. The molecule has 0 aromatic heterocycles. The van der Waals surface area contributed by atoms with Crippen molar-refractivity contribution in [3.8, 4) is 0 Å². The summed E-state index contributed by atoms with van der Waals surface area (Å²) in [7, 11) is 1.86. The molecule has 82 valence electrons. The Morgan fingerprint density at radius 2 is 2.00 bits per heavy atom. The average molecular weight is 198 g/mol. The molecule has 3 atom stereocenters. The molecule has 0 saturated carbocycles. The predicted molar refractivity (Wildman–Crippen MR) is 56.3 cm³/mol. The molecule has 2 aliphatic heterocycles. The van der Waals surface area contributed by atoms with Gasteiger partial charge in [0.1, 0.15) is 0 Å². The molecule has 0 spiro atoms. The van der Waals surface area contributed by atoms with Crippen molar-refractivity contribution in [2.24, 2.45) is 5.92 Å². The average Bonchev–Trinajstić information content (AvgIpc) is 2.83. The first-order valence-corrected chi connectivity index (χ1v) is 5.96. The smallest absolute Gasteiger partial charge is 0.0727 e. The van der Waals surface area contributed by atoms with Crippen LogP contribution in [-0.2, 0) is 9.47 Å². The van der Waals surface area contributed by atoms with Crippen LogP contribution in [0.1, 0.15) is 46.0 Å². The van der Waals surface area contributed by atoms with Crippen LogP contribution in [0.5, 0.6) is 0 Å². The standard InChI is InChI=1S/C12H22O2/c1-4-12(5-2,13-3)10-8-9-6-7-11(10)14-9/h9-11H,4-8H2,1-3H3. The first kappa shape index (κ1) is 10.4. The third kappa shape index (κ3) is 1.40. The van der Waals surface area contributed by atoms with Crippen LogP contribution in [-0.4, -0.2) is 24.9 Å². The second-order valence-corrected chi connectivity index (χ2v) is 4.69. The highest BCUT2D eigenvalue weighted by Crippen LogP contribution is 2.47. The predicted octanol–water partition coefficient (Wildman–Crippen LogP) is 2.76. The van der Waals surface area contributed by atoms with Crippen molar-refractivity contribution in [2.75, 3.05) is 7.11 Å². The number of ether oxygens (including phenoxy) is 2. The maximum atomic E-state index is 5.92. The summed E-state index contributed by atoms with van der Waals surface area (Å²) in [5, 5.41) is 0. The van der Waals surface area contributed by atoms with Gasteiger partial charge in [-0.3, -0.25) is 0 Å². The van der Waals surface area contributed by atoms with Gasteiger partial charge in [0.05, 0.1) is 17.8 Å². The van der Waals surface area contributed by atoms with Gasteiger partial charge in [-0.15, -0.1) is 0 Å². The highest BCUT2D eigenvalue weighted by molar-refractivity contribution is 4.99. The van der Waals surface area contributed by atoms with Gasteiger partial charge in [-0.25, -0.2) is 0 Å². The largest absolute Gasteiger partial charge is 0.378 e. The Morgan fingerprint density at radius 3 is 2.36 bits per heavy atom. The van der Waals surface area contributed by atoms with Gasteiger partial charge in [0, 0.05) is 13.0 Å². The summed E-state index contributed by atoms with van der Waals surface area (Å²) in [5.74, 6) is 0.640. The number of methoxy groups -OCH3 is 1. The van der Waals surface area contributed by atoms with Crippen LogP contribution in [0.4, 0.5) is 0 Å². The summed E-state index contributed by atoms with van der Waals surface area (Å²) in [6, 6.07) is 0. The van der Waals surface area contributed by atoms with E-state index in [-0.39, 0.29) is 5.60 Å². The topological polar surface area (TPSA) is 18.5 Å². The number of hydrogen-bond donors (Lipinski definition) is 0. The van der Waals surface area contributed by atoms with Crippen LogP contribution in [0.25, 0.3) is 0 Å². The van der Waals surface area contributed by atoms with Crippen molar-refractivity contribution >= 4 is 0 Å². The van der Waals surface area contributed by atoms with Crippen molar-refractivity contribution in [1.29, 1.82) is 0 Å². The van der Waals surface area contributed by atoms with Crippen molar-refractivity contribution in [3.63, 3.8) is 0 Å². The molecule has 2 heteroatoms. The molecular formula is C12H22O2. The molecule has 0 aromatic carbocycles. The van der Waals surface area contributed by atoms with E-state index in [9.17, 15) is 0 Å². The first-order chi connectivity index (χ1) is 6.75. The van der Waals surface area contributed by atoms with Crippen molar-refractivity contribution in [3.05, 3.63) is 0 Å². The van der Waals surface area contributed by atoms with E-state index in [2.05, 4.69) is 13.8 Å². The number of fused-ring (bicyclic) bond motifs is 2. The molecule has 3 unspecified atom stereocenters. The molecule has 2 rings (SSSR count). The third-order valence-electron chi connectivity index (χ3n) is 4.39. The zero-order valence-electron chi connectivity index (χ0n) is 9.58. The Bertz CT molecular complexity index is 190. The SMILES string of the molecule is CCC(CC)(OC)C1CC2CCC1O2. The van der Waals surface area contributed by atoms with E-state index in [0.29, 0.717) is 18.1 Å². The highest BCUT2D eigenvalue weighted by Gasteiger charge is 2.50. The molecular weight excluding hydrogens is 176 g/mol. The van der Waals surface area contributed by atoms with Crippen molar-refractivity contribution in [2.45, 2.75) is 63.8 Å². The lowest BCUT2D eigenvalue weighted by Crippen LogP contribution is -2.43. The molecule has 2 saturated heterocycles. The lowest BCUT2D eigenvalue weighted by atomic mass is 9.74. The number of hydrogen-bond acceptors (Lipinski definition) is 2. The Morgan fingerprint density at radius 1 is 1.29 bits per heavy atom. The number of rotatable bonds is 4. The van der Waals surface area contributed by atoms with E-state index >= 15 is 0 Å². The van der Waals surface area contributed by atoms with E-state index in [1.165, 1.54) is 19.3 Å². The van der Waals surface area contributed by atoms with Gasteiger partial charge >= 0.3 is 0 Å². The van der Waals surface area contributed by atoms with Crippen LogP contribution in [0.15, 0.2) is 0 Å². The minimum Gasteiger partial charge on any atom is -0.378 e. The van der Waals surface area contributed by atoms with Gasteiger partial charge in [0.15, 0.2) is 0 Å². The van der Waals surface area contributed by atoms with Crippen LogP contribution >= 0.6 is 0 Å². The molecule has 2 bridgehead atoms. The van der Waals surface area contributed by atoms with Crippen LogP contribution in [0, 0.1) is 5.92 Å². The maximum absolute atomic E-state index is 5.92. The molecule has 2 nitrogen and oxygen atoms in total. The van der Waals surface area contributed by atoms with Crippen LogP contribution in [0.3, 0.4) is 0 Å². The first-order valence-electron chi connectivity index (χ1n) is 5.96. The molecule has 0 radical (unpaired) electrons. The Labute approximate surface area is 87.0 Å². The van der Waals surface area contributed by atoms with Crippen LogP contribution in [0.2, 0.25) is 0 Å². The minimum absolute atomic E-state index is 0.0832. The quantitative estimate of drug-likeness (QED) is 0.691. The fourth-order valence-corrected chi connectivity index (χ4v) is 3.41. The molecule has 0 aromatic rings. The zero-order valence-corrected chi connectivity index (χ0v) is 9.58. The fraction of sp³-hybridized carbons (Fsp3) is 1.00. The Balaban J connectivity index is 2.12. The van der Waals surface area contributed by atoms with Crippen molar-refractivity contribution < 1.29 is 9.47 Å². The van der Waals surface area contributed by atoms with Gasteiger partial charge in [0.25, 0.3) is 0 Å². The lowest BCUT2D eigenvalue weighted by Gasteiger charge is -2.39. The molecule has 2 aliphatic rings. The summed E-state index contributed by atoms with van der Waals surface area (Å²) in [5.41, 5.74) is 0.0832. The normalized spacial score (nSPS) is 36.6. The summed E-state index contributed by atoms with van der Waals surface area (Å²) in [6.45, 7) is 4.47. The summed E-state index contributed by atoms with van der Waals surface area (Å²) < 4.78 is 11.7. The van der Waals surface area contributed by atoms with E-state index < -0.39 is 0 Å². The van der Waals surface area contributed by atoms with Crippen molar-refractivity contribution in [1.82, 2.24) is 0 Å². The summed E-state index contributed by atoms with van der Waals surface area (Å²) in [4.78, 5) is 0. The van der Waals surface area contributed by atoms with E-state index in [1.54, 1.807) is 0 Å². The third-order valence-corrected chi connectivity index (χ3v) is 4.39. The highest BCUT2D eigenvalue weighted by atomic mass is 16.5. The fourth-order valence-electron chi connectivity index (χ4n) is 3.41. The molecule has 0 amide bonds. The van der Waals surface area contributed by atoms with Crippen LogP contribution < -0.4 is 0 Å². The summed E-state index contributed by atoms with van der Waals surface area (Å²) >= 11 is 0. The molecule has 14 heavy (non-hydrogen) atoms.